The van der Waals surface area contributed by atoms with Crippen molar-refractivity contribution >= 4 is 17.5 Å². The largest absolute Gasteiger partial charge is 0.365 e. The summed E-state index contributed by atoms with van der Waals surface area (Å²) in [5.41, 5.74) is 2.12. The Labute approximate surface area is 138 Å². The van der Waals surface area contributed by atoms with E-state index in [4.69, 9.17) is 4.74 Å². The highest BCUT2D eigenvalue weighted by Gasteiger charge is 2.27. The van der Waals surface area contributed by atoms with Crippen LogP contribution in [-0.2, 0) is 14.3 Å². The van der Waals surface area contributed by atoms with Crippen molar-refractivity contribution in [2.24, 2.45) is 5.92 Å². The van der Waals surface area contributed by atoms with Gasteiger partial charge in [0.1, 0.15) is 6.61 Å². The van der Waals surface area contributed by atoms with E-state index in [9.17, 15) is 9.59 Å². The van der Waals surface area contributed by atoms with E-state index in [1.54, 1.807) is 4.90 Å². The maximum Gasteiger partial charge on any atom is 0.253 e. The van der Waals surface area contributed by atoms with Crippen LogP contribution in [0.3, 0.4) is 0 Å². The molecule has 126 valence electrons. The highest BCUT2D eigenvalue weighted by Crippen LogP contribution is 2.22. The lowest BCUT2D eigenvalue weighted by Gasteiger charge is -2.33. The summed E-state index contributed by atoms with van der Waals surface area (Å²) in [4.78, 5) is 25.5. The fourth-order valence-corrected chi connectivity index (χ4v) is 2.46. The van der Waals surface area contributed by atoms with Gasteiger partial charge in [0.2, 0.25) is 5.91 Å². The third-order valence-electron chi connectivity index (χ3n) is 4.03. The molecule has 1 aliphatic heterocycles. The Bertz CT molecular complexity index is 552. The van der Waals surface area contributed by atoms with Crippen LogP contribution in [0.2, 0.25) is 0 Å². The predicted octanol–water partition coefficient (Wildman–Crippen LogP) is 2.31. The standard InChI is InChI=1S/C18H26N2O3/c1-12(2)14-5-7-15(8-6-14)20-10-16(23-11-17(20)21)9-19-18(22)13(3)4/h5-8,12-13,16H,9-11H2,1-4H3,(H,19,22). The molecule has 0 spiro atoms. The second kappa shape index (κ2) is 7.59. The van der Waals surface area contributed by atoms with Gasteiger partial charge in [0.05, 0.1) is 12.6 Å². The molecule has 2 rings (SSSR count). The number of hydrogen-bond acceptors (Lipinski definition) is 3. The zero-order chi connectivity index (χ0) is 17.0. The van der Waals surface area contributed by atoms with Gasteiger partial charge in [-0.1, -0.05) is 39.8 Å². The summed E-state index contributed by atoms with van der Waals surface area (Å²) in [6, 6.07) is 8.06. The van der Waals surface area contributed by atoms with Crippen molar-refractivity contribution in [2.75, 3.05) is 24.6 Å². The monoisotopic (exact) mass is 318 g/mol. The summed E-state index contributed by atoms with van der Waals surface area (Å²) >= 11 is 0. The third-order valence-corrected chi connectivity index (χ3v) is 4.03. The van der Waals surface area contributed by atoms with Crippen LogP contribution >= 0.6 is 0 Å². The summed E-state index contributed by atoms with van der Waals surface area (Å²) in [6.45, 7) is 8.91. The molecule has 1 aromatic carbocycles. The smallest absolute Gasteiger partial charge is 0.253 e. The normalized spacial score (nSPS) is 18.6. The molecule has 0 aromatic heterocycles. The lowest BCUT2D eigenvalue weighted by molar-refractivity contribution is -0.130. The van der Waals surface area contributed by atoms with Crippen molar-refractivity contribution in [3.8, 4) is 0 Å². The summed E-state index contributed by atoms with van der Waals surface area (Å²) in [7, 11) is 0. The number of rotatable bonds is 5. The molecule has 0 radical (unpaired) electrons. The van der Waals surface area contributed by atoms with Crippen LogP contribution in [0.5, 0.6) is 0 Å². The van der Waals surface area contributed by atoms with Gasteiger partial charge in [-0.2, -0.15) is 0 Å². The average Bonchev–Trinajstić information content (AvgIpc) is 2.53. The Morgan fingerprint density at radius 2 is 1.91 bits per heavy atom. The van der Waals surface area contributed by atoms with Gasteiger partial charge in [0.25, 0.3) is 5.91 Å². The number of benzene rings is 1. The Balaban J connectivity index is 2.00. The van der Waals surface area contributed by atoms with Crippen molar-refractivity contribution in [3.05, 3.63) is 29.8 Å². The van der Waals surface area contributed by atoms with E-state index in [-0.39, 0.29) is 30.4 Å². The van der Waals surface area contributed by atoms with Gasteiger partial charge in [-0.3, -0.25) is 9.59 Å². The van der Waals surface area contributed by atoms with Gasteiger partial charge in [0, 0.05) is 18.2 Å². The third kappa shape index (κ3) is 4.55. The number of hydrogen-bond donors (Lipinski definition) is 1. The number of amides is 2. The van der Waals surface area contributed by atoms with Gasteiger partial charge in [-0.25, -0.2) is 0 Å². The number of nitrogens with zero attached hydrogens (tertiary/aromatic N) is 1. The lowest BCUT2D eigenvalue weighted by Crippen LogP contribution is -2.51. The van der Waals surface area contributed by atoms with E-state index < -0.39 is 0 Å². The quantitative estimate of drug-likeness (QED) is 0.906. The molecular formula is C18H26N2O3. The first-order valence-corrected chi connectivity index (χ1v) is 8.18. The van der Waals surface area contributed by atoms with Gasteiger partial charge in [-0.05, 0) is 23.6 Å². The highest BCUT2D eigenvalue weighted by molar-refractivity contribution is 5.95. The zero-order valence-electron chi connectivity index (χ0n) is 14.3. The van der Waals surface area contributed by atoms with E-state index in [2.05, 4.69) is 31.3 Å². The molecule has 1 atom stereocenters. The zero-order valence-corrected chi connectivity index (χ0v) is 14.3. The second-order valence-electron chi connectivity index (χ2n) is 6.58. The molecule has 5 heteroatoms. The number of nitrogens with one attached hydrogen (secondary N) is 1. The van der Waals surface area contributed by atoms with Crippen molar-refractivity contribution in [1.82, 2.24) is 5.32 Å². The minimum absolute atomic E-state index is 0.00154. The molecule has 1 unspecified atom stereocenters. The van der Waals surface area contributed by atoms with Crippen molar-refractivity contribution in [3.63, 3.8) is 0 Å². The second-order valence-corrected chi connectivity index (χ2v) is 6.58. The van der Waals surface area contributed by atoms with E-state index in [1.165, 1.54) is 5.56 Å². The molecule has 1 aromatic rings. The molecule has 0 saturated carbocycles. The topological polar surface area (TPSA) is 58.6 Å². The lowest BCUT2D eigenvalue weighted by atomic mass is 10.0. The first-order chi connectivity index (χ1) is 10.9. The molecule has 1 saturated heterocycles. The number of ether oxygens (including phenoxy) is 1. The van der Waals surface area contributed by atoms with Gasteiger partial charge >= 0.3 is 0 Å². The molecule has 1 fully saturated rings. The van der Waals surface area contributed by atoms with Crippen LogP contribution < -0.4 is 10.2 Å². The van der Waals surface area contributed by atoms with Gasteiger partial charge < -0.3 is 15.0 Å². The fourth-order valence-electron chi connectivity index (χ4n) is 2.46. The van der Waals surface area contributed by atoms with Crippen molar-refractivity contribution in [2.45, 2.75) is 39.7 Å². The highest BCUT2D eigenvalue weighted by atomic mass is 16.5. The SMILES string of the molecule is CC(C)C(=O)NCC1CN(c2ccc(C(C)C)cc2)C(=O)CO1. The molecule has 1 heterocycles. The van der Waals surface area contributed by atoms with Gasteiger partial charge in [0.15, 0.2) is 0 Å². The van der Waals surface area contributed by atoms with E-state index >= 15 is 0 Å². The Morgan fingerprint density at radius 3 is 2.48 bits per heavy atom. The number of anilines is 1. The summed E-state index contributed by atoms with van der Waals surface area (Å²) in [6.07, 6.45) is -0.180. The average molecular weight is 318 g/mol. The van der Waals surface area contributed by atoms with Crippen LogP contribution in [0, 0.1) is 5.92 Å². The van der Waals surface area contributed by atoms with E-state index in [0.717, 1.165) is 5.69 Å². The Hall–Kier alpha value is -1.88. The van der Waals surface area contributed by atoms with E-state index in [0.29, 0.717) is 19.0 Å². The van der Waals surface area contributed by atoms with Crippen LogP contribution in [0.25, 0.3) is 0 Å². The molecule has 0 bridgehead atoms. The number of carbonyl (C=O) groups excluding carboxylic acids is 2. The van der Waals surface area contributed by atoms with Crippen LogP contribution in [0.15, 0.2) is 24.3 Å². The number of carbonyl (C=O) groups is 2. The molecular weight excluding hydrogens is 292 g/mol. The molecule has 23 heavy (non-hydrogen) atoms. The minimum Gasteiger partial charge on any atom is -0.365 e. The Morgan fingerprint density at radius 1 is 1.26 bits per heavy atom. The fraction of sp³-hybridized carbons (Fsp3) is 0.556. The first kappa shape index (κ1) is 17.5. The predicted molar refractivity (Wildman–Crippen MR) is 90.5 cm³/mol. The minimum atomic E-state index is -0.180. The summed E-state index contributed by atoms with van der Waals surface area (Å²) in [5.74, 6) is 0.357. The van der Waals surface area contributed by atoms with Crippen molar-refractivity contribution < 1.29 is 14.3 Å². The Kier molecular flexibility index (Phi) is 5.77. The van der Waals surface area contributed by atoms with Gasteiger partial charge in [-0.15, -0.1) is 0 Å². The molecule has 1 aliphatic rings. The molecule has 0 aliphatic carbocycles. The summed E-state index contributed by atoms with van der Waals surface area (Å²) < 4.78 is 5.53. The number of morpholine rings is 1. The van der Waals surface area contributed by atoms with E-state index in [1.807, 2.05) is 26.0 Å². The molecule has 1 N–H and O–H groups in total. The molecule has 5 nitrogen and oxygen atoms in total. The summed E-state index contributed by atoms with van der Waals surface area (Å²) in [5, 5.41) is 2.86. The van der Waals surface area contributed by atoms with Crippen LogP contribution in [0.1, 0.15) is 39.2 Å². The van der Waals surface area contributed by atoms with Crippen LogP contribution in [0.4, 0.5) is 5.69 Å². The van der Waals surface area contributed by atoms with Crippen molar-refractivity contribution in [1.29, 1.82) is 0 Å². The first-order valence-electron chi connectivity index (χ1n) is 8.18. The maximum absolute atomic E-state index is 12.1. The maximum atomic E-state index is 12.1. The molecule has 2 amide bonds. The van der Waals surface area contributed by atoms with Crippen LogP contribution in [-0.4, -0.2) is 37.6 Å².